The van der Waals surface area contributed by atoms with E-state index in [9.17, 15) is 14.0 Å². The largest absolute Gasteiger partial charge is 0.348 e. The number of thiophene rings is 1. The molecule has 2 N–H and O–H groups in total. The van der Waals surface area contributed by atoms with E-state index in [0.29, 0.717) is 23.4 Å². The van der Waals surface area contributed by atoms with Gasteiger partial charge in [0.05, 0.1) is 6.54 Å². The number of carbonyl (C=O) groups is 2. The van der Waals surface area contributed by atoms with E-state index in [4.69, 9.17) is 0 Å². The Morgan fingerprint density at radius 2 is 1.79 bits per heavy atom. The summed E-state index contributed by atoms with van der Waals surface area (Å²) in [5.74, 6) is -0.663. The van der Waals surface area contributed by atoms with Gasteiger partial charge in [0.2, 0.25) is 0 Å². The van der Waals surface area contributed by atoms with Gasteiger partial charge in [0, 0.05) is 35.3 Å². The first-order chi connectivity index (χ1) is 13.9. The second-order valence-electron chi connectivity index (χ2n) is 6.66. The molecule has 3 aromatic rings. The average molecular weight is 412 g/mol. The quantitative estimate of drug-likeness (QED) is 0.613. The smallest absolute Gasteiger partial charge is 0.321 e. The molecule has 1 heterocycles. The van der Waals surface area contributed by atoms with Crippen LogP contribution in [-0.4, -0.2) is 23.9 Å². The highest BCUT2D eigenvalue weighted by molar-refractivity contribution is 7.10. The maximum atomic E-state index is 13.6. The van der Waals surface area contributed by atoms with Crippen molar-refractivity contribution < 1.29 is 14.0 Å². The normalized spacial score (nSPS) is 10.4. The number of amides is 3. The molecule has 0 unspecified atom stereocenters. The minimum absolute atomic E-state index is 0.108. The minimum atomic E-state index is -0.354. The van der Waals surface area contributed by atoms with Crippen molar-refractivity contribution in [3.63, 3.8) is 0 Å². The zero-order chi connectivity index (χ0) is 20.8. The maximum Gasteiger partial charge on any atom is 0.321 e. The predicted octanol–water partition coefficient (Wildman–Crippen LogP) is 4.79. The Bertz CT molecular complexity index is 1000. The Balaban J connectivity index is 1.54. The van der Waals surface area contributed by atoms with E-state index in [-0.39, 0.29) is 24.3 Å². The van der Waals surface area contributed by atoms with Crippen molar-refractivity contribution in [2.75, 3.05) is 12.4 Å². The van der Waals surface area contributed by atoms with Gasteiger partial charge in [0.1, 0.15) is 5.82 Å². The first-order valence-electron chi connectivity index (χ1n) is 9.11. The van der Waals surface area contributed by atoms with Gasteiger partial charge in [-0.05, 0) is 54.3 Å². The van der Waals surface area contributed by atoms with E-state index in [1.807, 2.05) is 18.4 Å². The molecule has 0 bridgehead atoms. The molecule has 0 fully saturated rings. The van der Waals surface area contributed by atoms with Crippen molar-refractivity contribution in [2.45, 2.75) is 20.0 Å². The third-order valence-corrected chi connectivity index (χ3v) is 5.50. The number of anilines is 1. The monoisotopic (exact) mass is 411 g/mol. The second-order valence-corrected chi connectivity index (χ2v) is 7.67. The van der Waals surface area contributed by atoms with Crippen molar-refractivity contribution in [3.05, 3.63) is 87.4 Å². The number of carbonyl (C=O) groups excluding carboxylic acids is 2. The molecule has 1 aromatic heterocycles. The van der Waals surface area contributed by atoms with Gasteiger partial charge < -0.3 is 15.5 Å². The molecule has 0 aliphatic carbocycles. The van der Waals surface area contributed by atoms with Crippen LogP contribution in [0.3, 0.4) is 0 Å². The highest BCUT2D eigenvalue weighted by atomic mass is 32.1. The highest BCUT2D eigenvalue weighted by Gasteiger charge is 2.12. The van der Waals surface area contributed by atoms with Gasteiger partial charge >= 0.3 is 6.03 Å². The summed E-state index contributed by atoms with van der Waals surface area (Å²) in [5.41, 5.74) is 2.62. The molecular weight excluding hydrogens is 389 g/mol. The molecule has 7 heteroatoms. The fraction of sp³-hybridized carbons (Fsp3) is 0.182. The van der Waals surface area contributed by atoms with Crippen LogP contribution < -0.4 is 10.6 Å². The SMILES string of the molecule is Cc1ccsc1CN(C)C(=O)Nc1ccc(C(=O)NCc2ccccc2F)cc1. The summed E-state index contributed by atoms with van der Waals surface area (Å²) in [5, 5.41) is 7.51. The molecule has 29 heavy (non-hydrogen) atoms. The lowest BCUT2D eigenvalue weighted by molar-refractivity contribution is 0.0950. The minimum Gasteiger partial charge on any atom is -0.348 e. The molecule has 0 aliphatic rings. The number of nitrogens with zero attached hydrogens (tertiary/aromatic N) is 1. The number of hydrogen-bond donors (Lipinski definition) is 2. The summed E-state index contributed by atoms with van der Waals surface area (Å²) < 4.78 is 13.6. The van der Waals surface area contributed by atoms with Crippen molar-refractivity contribution >= 4 is 29.0 Å². The molecule has 0 saturated heterocycles. The van der Waals surface area contributed by atoms with E-state index in [2.05, 4.69) is 10.6 Å². The van der Waals surface area contributed by atoms with Crippen LogP contribution in [0.1, 0.15) is 26.4 Å². The van der Waals surface area contributed by atoms with Crippen LogP contribution in [0, 0.1) is 12.7 Å². The lowest BCUT2D eigenvalue weighted by atomic mass is 10.1. The topological polar surface area (TPSA) is 61.4 Å². The van der Waals surface area contributed by atoms with Gasteiger partial charge in [0.25, 0.3) is 5.91 Å². The Morgan fingerprint density at radius 3 is 2.45 bits per heavy atom. The number of halogens is 1. The summed E-state index contributed by atoms with van der Waals surface area (Å²) >= 11 is 1.62. The summed E-state index contributed by atoms with van der Waals surface area (Å²) in [6.07, 6.45) is 0. The molecule has 0 radical (unpaired) electrons. The van der Waals surface area contributed by atoms with Crippen molar-refractivity contribution in [1.29, 1.82) is 0 Å². The second kappa shape index (κ2) is 9.34. The number of rotatable bonds is 6. The number of aryl methyl sites for hydroxylation is 1. The Kier molecular flexibility index (Phi) is 6.61. The van der Waals surface area contributed by atoms with Crippen LogP contribution in [0.25, 0.3) is 0 Å². The summed E-state index contributed by atoms with van der Waals surface area (Å²) in [7, 11) is 1.74. The van der Waals surface area contributed by atoms with E-state index in [1.165, 1.54) is 11.6 Å². The lowest BCUT2D eigenvalue weighted by Crippen LogP contribution is -2.30. The van der Waals surface area contributed by atoms with E-state index in [1.54, 1.807) is 65.7 Å². The molecule has 5 nitrogen and oxygen atoms in total. The fourth-order valence-electron chi connectivity index (χ4n) is 2.70. The van der Waals surface area contributed by atoms with Crippen LogP contribution in [0.2, 0.25) is 0 Å². The first-order valence-corrected chi connectivity index (χ1v) is 9.99. The van der Waals surface area contributed by atoms with Crippen LogP contribution in [-0.2, 0) is 13.1 Å². The van der Waals surface area contributed by atoms with Crippen molar-refractivity contribution in [2.24, 2.45) is 0 Å². The Morgan fingerprint density at radius 1 is 1.07 bits per heavy atom. The number of nitrogens with one attached hydrogen (secondary N) is 2. The molecule has 3 amide bonds. The third kappa shape index (κ3) is 5.42. The van der Waals surface area contributed by atoms with Crippen LogP contribution in [0.4, 0.5) is 14.9 Å². The highest BCUT2D eigenvalue weighted by Crippen LogP contribution is 2.18. The van der Waals surface area contributed by atoms with Gasteiger partial charge in [-0.2, -0.15) is 0 Å². The van der Waals surface area contributed by atoms with Gasteiger partial charge in [0.15, 0.2) is 0 Å². The zero-order valence-corrected chi connectivity index (χ0v) is 17.1. The molecule has 150 valence electrons. The Hall–Kier alpha value is -3.19. The summed E-state index contributed by atoms with van der Waals surface area (Å²) in [6.45, 7) is 2.66. The Labute approximate surface area is 173 Å². The zero-order valence-electron chi connectivity index (χ0n) is 16.2. The van der Waals surface area contributed by atoms with E-state index < -0.39 is 0 Å². The van der Waals surface area contributed by atoms with Gasteiger partial charge in [-0.3, -0.25) is 4.79 Å². The standard InChI is InChI=1S/C22H22FN3O2S/c1-15-11-12-29-20(15)14-26(2)22(28)25-18-9-7-16(8-10-18)21(27)24-13-17-5-3-4-6-19(17)23/h3-12H,13-14H2,1-2H3,(H,24,27)(H,25,28). The van der Waals surface area contributed by atoms with Crippen LogP contribution >= 0.6 is 11.3 Å². The molecular formula is C22H22FN3O2S. The molecule has 0 saturated carbocycles. The van der Waals surface area contributed by atoms with E-state index >= 15 is 0 Å². The van der Waals surface area contributed by atoms with Crippen LogP contribution in [0.15, 0.2) is 60.0 Å². The van der Waals surface area contributed by atoms with Gasteiger partial charge in [-0.1, -0.05) is 18.2 Å². The summed E-state index contributed by atoms with van der Waals surface area (Å²) in [6, 6.07) is 14.7. The predicted molar refractivity (Wildman–Crippen MR) is 114 cm³/mol. The fourth-order valence-corrected chi connectivity index (χ4v) is 3.66. The molecule has 3 rings (SSSR count). The molecule has 2 aromatic carbocycles. The maximum absolute atomic E-state index is 13.6. The third-order valence-electron chi connectivity index (χ3n) is 4.49. The summed E-state index contributed by atoms with van der Waals surface area (Å²) in [4.78, 5) is 27.4. The number of urea groups is 1. The van der Waals surface area contributed by atoms with Crippen molar-refractivity contribution in [1.82, 2.24) is 10.2 Å². The lowest BCUT2D eigenvalue weighted by Gasteiger charge is -2.18. The average Bonchev–Trinajstić information content (AvgIpc) is 3.12. The van der Waals surface area contributed by atoms with E-state index in [0.717, 1.165) is 4.88 Å². The van der Waals surface area contributed by atoms with Gasteiger partial charge in [-0.25, -0.2) is 9.18 Å². The number of benzene rings is 2. The van der Waals surface area contributed by atoms with Gasteiger partial charge in [-0.15, -0.1) is 11.3 Å². The first kappa shape index (κ1) is 20.5. The number of hydrogen-bond acceptors (Lipinski definition) is 3. The molecule has 0 aliphatic heterocycles. The molecule has 0 atom stereocenters. The molecule has 0 spiro atoms. The van der Waals surface area contributed by atoms with Crippen molar-refractivity contribution in [3.8, 4) is 0 Å². The van der Waals surface area contributed by atoms with Crippen LogP contribution in [0.5, 0.6) is 0 Å².